The fourth-order valence-electron chi connectivity index (χ4n) is 3.73. The van der Waals surface area contributed by atoms with E-state index in [9.17, 15) is 9.18 Å². The van der Waals surface area contributed by atoms with Gasteiger partial charge in [-0.15, -0.1) is 0 Å². The van der Waals surface area contributed by atoms with Crippen LogP contribution in [-0.2, 0) is 0 Å². The molecule has 1 aromatic carbocycles. The first-order valence-electron chi connectivity index (χ1n) is 9.85. The highest BCUT2D eigenvalue weighted by atomic mass is 19.1. The fourth-order valence-corrected chi connectivity index (χ4v) is 3.73. The van der Waals surface area contributed by atoms with Gasteiger partial charge in [-0.1, -0.05) is 20.8 Å². The maximum absolute atomic E-state index is 13.3. The molecule has 1 amide bonds. The van der Waals surface area contributed by atoms with E-state index in [1.165, 1.54) is 12.1 Å². The standard InChI is InChI=1S/C21H29FN4O/c1-4-23-13-16-9-11-25(12-10-16)21(27)19-14-24-26(20(19)15(2)3)18-7-5-17(22)6-8-18/h5-8,14-16,23H,4,9-13H2,1-3H3. The van der Waals surface area contributed by atoms with Gasteiger partial charge in [0.2, 0.25) is 0 Å². The zero-order valence-electron chi connectivity index (χ0n) is 16.4. The Kier molecular flexibility index (Phi) is 6.26. The Morgan fingerprint density at radius 2 is 1.93 bits per heavy atom. The monoisotopic (exact) mass is 372 g/mol. The lowest BCUT2D eigenvalue weighted by Crippen LogP contribution is -2.41. The number of amides is 1. The molecule has 1 saturated heterocycles. The maximum Gasteiger partial charge on any atom is 0.257 e. The fraction of sp³-hybridized carbons (Fsp3) is 0.524. The summed E-state index contributed by atoms with van der Waals surface area (Å²) in [7, 11) is 0. The second-order valence-electron chi connectivity index (χ2n) is 7.53. The van der Waals surface area contributed by atoms with Gasteiger partial charge in [0.25, 0.3) is 5.91 Å². The molecule has 1 N–H and O–H groups in total. The molecule has 6 heteroatoms. The minimum atomic E-state index is -0.284. The van der Waals surface area contributed by atoms with E-state index in [0.29, 0.717) is 11.5 Å². The van der Waals surface area contributed by atoms with Crippen LogP contribution in [-0.4, -0.2) is 46.8 Å². The maximum atomic E-state index is 13.3. The summed E-state index contributed by atoms with van der Waals surface area (Å²) in [6, 6.07) is 6.21. The molecule has 1 aliphatic rings. The van der Waals surface area contributed by atoms with Crippen LogP contribution in [0.1, 0.15) is 55.6 Å². The molecular weight excluding hydrogens is 343 g/mol. The molecule has 2 heterocycles. The van der Waals surface area contributed by atoms with Crippen molar-refractivity contribution in [3.63, 3.8) is 0 Å². The van der Waals surface area contributed by atoms with Gasteiger partial charge in [-0.3, -0.25) is 4.79 Å². The molecule has 0 unspecified atom stereocenters. The Morgan fingerprint density at radius 3 is 2.52 bits per heavy atom. The molecule has 1 aliphatic heterocycles. The number of nitrogens with zero attached hydrogens (tertiary/aromatic N) is 3. The normalized spacial score (nSPS) is 15.5. The third-order valence-electron chi connectivity index (χ3n) is 5.24. The van der Waals surface area contributed by atoms with Crippen molar-refractivity contribution in [3.8, 4) is 5.69 Å². The van der Waals surface area contributed by atoms with Crippen LogP contribution in [0.5, 0.6) is 0 Å². The van der Waals surface area contributed by atoms with Gasteiger partial charge in [-0.2, -0.15) is 5.10 Å². The van der Waals surface area contributed by atoms with E-state index in [2.05, 4.69) is 31.2 Å². The van der Waals surface area contributed by atoms with Crippen LogP contribution in [0.25, 0.3) is 5.69 Å². The zero-order chi connectivity index (χ0) is 19.4. The second-order valence-corrected chi connectivity index (χ2v) is 7.53. The quantitative estimate of drug-likeness (QED) is 0.843. The van der Waals surface area contributed by atoms with E-state index in [4.69, 9.17) is 0 Å². The van der Waals surface area contributed by atoms with Gasteiger partial charge in [0, 0.05) is 13.1 Å². The smallest absolute Gasteiger partial charge is 0.257 e. The van der Waals surface area contributed by atoms with Crippen molar-refractivity contribution in [2.24, 2.45) is 5.92 Å². The highest BCUT2D eigenvalue weighted by Crippen LogP contribution is 2.26. The first-order chi connectivity index (χ1) is 13.0. The highest BCUT2D eigenvalue weighted by Gasteiger charge is 2.28. The zero-order valence-corrected chi connectivity index (χ0v) is 16.4. The van der Waals surface area contributed by atoms with Gasteiger partial charge in [0.05, 0.1) is 23.1 Å². The van der Waals surface area contributed by atoms with Gasteiger partial charge < -0.3 is 10.2 Å². The molecule has 146 valence electrons. The predicted molar refractivity (Wildman–Crippen MR) is 105 cm³/mol. The number of carbonyl (C=O) groups excluding carboxylic acids is 1. The molecule has 0 atom stereocenters. The molecular formula is C21H29FN4O. The van der Waals surface area contributed by atoms with Crippen molar-refractivity contribution < 1.29 is 9.18 Å². The number of piperidine rings is 1. The predicted octanol–water partition coefficient (Wildman–Crippen LogP) is 3.60. The Morgan fingerprint density at radius 1 is 1.26 bits per heavy atom. The second kappa shape index (κ2) is 8.65. The molecule has 1 fully saturated rings. The molecule has 5 nitrogen and oxygen atoms in total. The number of rotatable bonds is 6. The SMILES string of the molecule is CCNCC1CCN(C(=O)c2cnn(-c3ccc(F)cc3)c2C(C)C)CC1. The first-order valence-corrected chi connectivity index (χ1v) is 9.85. The van der Waals surface area contributed by atoms with Gasteiger partial charge in [-0.05, 0) is 62.0 Å². The van der Waals surface area contributed by atoms with E-state index >= 15 is 0 Å². The van der Waals surface area contributed by atoms with Gasteiger partial charge in [-0.25, -0.2) is 9.07 Å². The van der Waals surface area contributed by atoms with Crippen LogP contribution in [0, 0.1) is 11.7 Å². The summed E-state index contributed by atoms with van der Waals surface area (Å²) in [6.07, 6.45) is 3.72. The highest BCUT2D eigenvalue weighted by molar-refractivity contribution is 5.95. The summed E-state index contributed by atoms with van der Waals surface area (Å²) in [5.41, 5.74) is 2.30. The number of likely N-dealkylation sites (tertiary alicyclic amines) is 1. The number of aromatic nitrogens is 2. The Labute approximate surface area is 160 Å². The van der Waals surface area contributed by atoms with E-state index in [1.807, 2.05) is 4.90 Å². The van der Waals surface area contributed by atoms with Crippen LogP contribution in [0.4, 0.5) is 4.39 Å². The summed E-state index contributed by atoms with van der Waals surface area (Å²) >= 11 is 0. The van der Waals surface area contributed by atoms with Crippen LogP contribution >= 0.6 is 0 Å². The van der Waals surface area contributed by atoms with Gasteiger partial charge in [0.1, 0.15) is 5.82 Å². The number of nitrogens with one attached hydrogen (secondary N) is 1. The molecule has 1 aromatic heterocycles. The lowest BCUT2D eigenvalue weighted by molar-refractivity contribution is 0.0688. The number of halogens is 1. The lowest BCUT2D eigenvalue weighted by atomic mass is 9.96. The average Bonchev–Trinajstić information content (AvgIpc) is 3.12. The first kappa shape index (κ1) is 19.5. The van der Waals surface area contributed by atoms with Crippen molar-refractivity contribution in [2.75, 3.05) is 26.2 Å². The molecule has 0 spiro atoms. The summed E-state index contributed by atoms with van der Waals surface area (Å²) in [6.45, 7) is 9.80. The van der Waals surface area contributed by atoms with Crippen LogP contribution < -0.4 is 5.32 Å². The van der Waals surface area contributed by atoms with Crippen molar-refractivity contribution in [2.45, 2.75) is 39.5 Å². The van der Waals surface area contributed by atoms with Crippen molar-refractivity contribution in [1.29, 1.82) is 0 Å². The molecule has 0 radical (unpaired) electrons. The summed E-state index contributed by atoms with van der Waals surface area (Å²) in [4.78, 5) is 15.1. The van der Waals surface area contributed by atoms with E-state index in [0.717, 1.165) is 50.4 Å². The Balaban J connectivity index is 1.78. The molecule has 2 aromatic rings. The van der Waals surface area contributed by atoms with Crippen LogP contribution in [0.15, 0.2) is 30.5 Å². The van der Waals surface area contributed by atoms with Crippen molar-refractivity contribution in [1.82, 2.24) is 20.0 Å². The van der Waals surface area contributed by atoms with Gasteiger partial charge >= 0.3 is 0 Å². The van der Waals surface area contributed by atoms with Gasteiger partial charge in [0.15, 0.2) is 0 Å². The van der Waals surface area contributed by atoms with Crippen molar-refractivity contribution >= 4 is 5.91 Å². The minimum absolute atomic E-state index is 0.0500. The molecule has 0 bridgehead atoms. The number of hydrogen-bond acceptors (Lipinski definition) is 3. The molecule has 0 aliphatic carbocycles. The molecule has 0 saturated carbocycles. The number of hydrogen-bond donors (Lipinski definition) is 1. The Bertz CT molecular complexity index is 761. The van der Waals surface area contributed by atoms with Crippen LogP contribution in [0.2, 0.25) is 0 Å². The number of carbonyl (C=O) groups is 1. The number of benzene rings is 1. The summed E-state index contributed by atoms with van der Waals surface area (Å²) in [5, 5.41) is 7.85. The van der Waals surface area contributed by atoms with Crippen LogP contribution in [0.3, 0.4) is 0 Å². The third kappa shape index (κ3) is 4.38. The largest absolute Gasteiger partial charge is 0.339 e. The topological polar surface area (TPSA) is 50.2 Å². The summed E-state index contributed by atoms with van der Waals surface area (Å²) in [5.74, 6) is 0.533. The van der Waals surface area contributed by atoms with E-state index in [-0.39, 0.29) is 17.6 Å². The molecule has 27 heavy (non-hydrogen) atoms. The average molecular weight is 372 g/mol. The third-order valence-corrected chi connectivity index (χ3v) is 5.24. The summed E-state index contributed by atoms with van der Waals surface area (Å²) < 4.78 is 15.0. The lowest BCUT2D eigenvalue weighted by Gasteiger charge is -2.32. The minimum Gasteiger partial charge on any atom is -0.339 e. The van der Waals surface area contributed by atoms with E-state index < -0.39 is 0 Å². The molecule has 3 rings (SSSR count). The van der Waals surface area contributed by atoms with Crippen molar-refractivity contribution in [3.05, 3.63) is 47.5 Å². The van der Waals surface area contributed by atoms with E-state index in [1.54, 1.807) is 23.0 Å². The Hall–Kier alpha value is -2.21.